The number of anilines is 6. The van der Waals surface area contributed by atoms with Crippen molar-refractivity contribution in [3.8, 4) is 11.5 Å². The number of ether oxygens (including phenoxy) is 1. The molecule has 11 rings (SSSR count). The number of rotatable bonds is 4. The van der Waals surface area contributed by atoms with E-state index in [2.05, 4.69) is 210 Å². The number of benzene rings is 8. The Bertz CT molecular complexity index is 2620. The summed E-state index contributed by atoms with van der Waals surface area (Å²) in [5.41, 5.74) is 14.7. The average molecular weight is 677 g/mol. The molecule has 0 amide bonds. The van der Waals surface area contributed by atoms with E-state index in [0.717, 1.165) is 45.6 Å². The standard InChI is InChI=1S/C49H33BN2O/c1-5-19-34(20-6-1)49(35-21-7-2-8-22-35)38-27-13-14-28-40(38)50-41-29-15-16-30-42(41)52(37-25-11-4-12-26-37)47-46(50)39(49)33-44-48(47)53-45-32-18-17-31-43(45)51(44)36-23-9-3-10-24-36/h1-33H. The van der Waals surface area contributed by atoms with Gasteiger partial charge in [0.1, 0.15) is 0 Å². The topological polar surface area (TPSA) is 15.7 Å². The van der Waals surface area contributed by atoms with E-state index in [1.165, 1.54) is 38.6 Å². The van der Waals surface area contributed by atoms with E-state index in [0.29, 0.717) is 0 Å². The van der Waals surface area contributed by atoms with Crippen molar-refractivity contribution in [2.45, 2.75) is 5.41 Å². The molecular weight excluding hydrogens is 643 g/mol. The Balaban J connectivity index is 1.38. The highest BCUT2D eigenvalue weighted by molar-refractivity contribution is 6.99. The molecule has 3 heterocycles. The minimum atomic E-state index is -0.636. The van der Waals surface area contributed by atoms with Gasteiger partial charge in [0.05, 0.1) is 22.5 Å². The molecule has 0 aromatic heterocycles. The number of para-hydroxylation sites is 5. The lowest BCUT2D eigenvalue weighted by Crippen LogP contribution is -2.65. The number of fused-ring (bicyclic) bond motifs is 7. The second-order valence-electron chi connectivity index (χ2n) is 14.0. The van der Waals surface area contributed by atoms with E-state index in [4.69, 9.17) is 4.74 Å². The van der Waals surface area contributed by atoms with Crippen LogP contribution in [-0.4, -0.2) is 6.71 Å². The van der Waals surface area contributed by atoms with Crippen molar-refractivity contribution < 1.29 is 4.74 Å². The first-order valence-electron chi connectivity index (χ1n) is 18.3. The highest BCUT2D eigenvalue weighted by Crippen LogP contribution is 2.59. The zero-order valence-electron chi connectivity index (χ0n) is 28.9. The maximum Gasteiger partial charge on any atom is 0.247 e. The third-order valence-corrected chi connectivity index (χ3v) is 11.4. The van der Waals surface area contributed by atoms with Crippen LogP contribution < -0.4 is 30.9 Å². The largest absolute Gasteiger partial charge is 0.451 e. The summed E-state index contributed by atoms with van der Waals surface area (Å²) in [6.45, 7) is -0.0239. The Morgan fingerprint density at radius 3 is 1.58 bits per heavy atom. The summed E-state index contributed by atoms with van der Waals surface area (Å²) in [4.78, 5) is 4.85. The lowest BCUT2D eigenvalue weighted by molar-refractivity contribution is 0.478. The summed E-state index contributed by atoms with van der Waals surface area (Å²) in [5.74, 6) is 1.68. The second-order valence-corrected chi connectivity index (χ2v) is 14.0. The van der Waals surface area contributed by atoms with Crippen LogP contribution in [0.1, 0.15) is 22.3 Å². The second kappa shape index (κ2) is 11.6. The summed E-state index contributed by atoms with van der Waals surface area (Å²) in [6.07, 6.45) is 0. The number of hydrogen-bond acceptors (Lipinski definition) is 3. The van der Waals surface area contributed by atoms with Gasteiger partial charge < -0.3 is 14.5 Å². The molecule has 53 heavy (non-hydrogen) atoms. The fourth-order valence-corrected chi connectivity index (χ4v) is 9.35. The van der Waals surface area contributed by atoms with Gasteiger partial charge in [-0.15, -0.1) is 0 Å². The van der Waals surface area contributed by atoms with E-state index < -0.39 is 5.41 Å². The maximum atomic E-state index is 7.25. The molecule has 0 atom stereocenters. The highest BCUT2D eigenvalue weighted by Gasteiger charge is 2.53. The van der Waals surface area contributed by atoms with Gasteiger partial charge in [-0.1, -0.05) is 157 Å². The smallest absolute Gasteiger partial charge is 0.247 e. The third-order valence-electron chi connectivity index (χ3n) is 11.4. The quantitative estimate of drug-likeness (QED) is 0.173. The fourth-order valence-electron chi connectivity index (χ4n) is 9.35. The summed E-state index contributed by atoms with van der Waals surface area (Å²) < 4.78 is 7.25. The Morgan fingerprint density at radius 2 is 0.925 bits per heavy atom. The predicted octanol–water partition coefficient (Wildman–Crippen LogP) is 10.3. The molecule has 4 heteroatoms. The van der Waals surface area contributed by atoms with Crippen LogP contribution in [0.4, 0.5) is 34.1 Å². The monoisotopic (exact) mass is 676 g/mol. The van der Waals surface area contributed by atoms with Crippen LogP contribution >= 0.6 is 0 Å². The molecule has 0 aliphatic carbocycles. The van der Waals surface area contributed by atoms with Gasteiger partial charge in [0.15, 0.2) is 11.5 Å². The minimum absolute atomic E-state index is 0.0239. The SMILES string of the molecule is c1ccc(N2c3ccccc3Oc3c2cc2c4c3N(c3ccccc3)c3ccccc3B4c3ccccc3C2(c2ccccc2)c2ccccc2)cc1. The summed E-state index contributed by atoms with van der Waals surface area (Å²) >= 11 is 0. The minimum Gasteiger partial charge on any atom is -0.451 e. The molecule has 0 radical (unpaired) electrons. The molecule has 0 N–H and O–H groups in total. The van der Waals surface area contributed by atoms with Crippen molar-refractivity contribution in [2.75, 3.05) is 9.80 Å². The zero-order valence-corrected chi connectivity index (χ0v) is 28.9. The van der Waals surface area contributed by atoms with Crippen LogP contribution in [-0.2, 0) is 5.41 Å². The molecule has 0 unspecified atom stereocenters. The molecular formula is C49H33BN2O. The van der Waals surface area contributed by atoms with Gasteiger partial charge >= 0.3 is 0 Å². The first-order chi connectivity index (χ1) is 26.3. The van der Waals surface area contributed by atoms with Crippen molar-refractivity contribution >= 4 is 57.2 Å². The van der Waals surface area contributed by atoms with Crippen LogP contribution in [0.2, 0.25) is 0 Å². The normalized spacial score (nSPS) is 14.2. The lowest BCUT2D eigenvalue weighted by Gasteiger charge is -2.50. The van der Waals surface area contributed by atoms with Crippen LogP contribution in [0.15, 0.2) is 200 Å². The predicted molar refractivity (Wildman–Crippen MR) is 219 cm³/mol. The molecule has 3 aliphatic rings. The van der Waals surface area contributed by atoms with E-state index >= 15 is 0 Å². The maximum absolute atomic E-state index is 7.25. The van der Waals surface area contributed by atoms with Crippen molar-refractivity contribution in [3.05, 3.63) is 222 Å². The summed E-state index contributed by atoms with van der Waals surface area (Å²) in [6, 6.07) is 72.7. The number of nitrogens with zero attached hydrogens (tertiary/aromatic N) is 2. The Morgan fingerprint density at radius 1 is 0.415 bits per heavy atom. The van der Waals surface area contributed by atoms with Crippen LogP contribution in [0.25, 0.3) is 0 Å². The third kappa shape index (κ3) is 4.18. The Labute approximate surface area is 310 Å². The van der Waals surface area contributed by atoms with E-state index in [9.17, 15) is 0 Å². The van der Waals surface area contributed by atoms with Crippen molar-refractivity contribution in [1.82, 2.24) is 0 Å². The molecule has 0 spiro atoms. The van der Waals surface area contributed by atoms with Crippen LogP contribution in [0, 0.1) is 0 Å². The van der Waals surface area contributed by atoms with Crippen LogP contribution in [0.5, 0.6) is 11.5 Å². The molecule has 8 aromatic rings. The van der Waals surface area contributed by atoms with E-state index in [-0.39, 0.29) is 6.71 Å². The van der Waals surface area contributed by atoms with E-state index in [1.54, 1.807) is 0 Å². The molecule has 8 aromatic carbocycles. The van der Waals surface area contributed by atoms with Gasteiger partial charge in [-0.3, -0.25) is 0 Å². The average Bonchev–Trinajstić information content (AvgIpc) is 3.24. The first-order valence-corrected chi connectivity index (χ1v) is 18.3. The van der Waals surface area contributed by atoms with Gasteiger partial charge in [0.2, 0.25) is 6.71 Å². The molecule has 0 saturated carbocycles. The molecule has 0 bridgehead atoms. The Kier molecular flexibility index (Phi) is 6.56. The summed E-state index contributed by atoms with van der Waals surface area (Å²) in [7, 11) is 0. The molecule has 3 nitrogen and oxygen atoms in total. The van der Waals surface area contributed by atoms with Crippen molar-refractivity contribution in [1.29, 1.82) is 0 Å². The lowest BCUT2D eigenvalue weighted by atomic mass is 9.29. The Hall–Kier alpha value is -6.78. The van der Waals surface area contributed by atoms with Crippen molar-refractivity contribution in [3.63, 3.8) is 0 Å². The fraction of sp³-hybridized carbons (Fsp3) is 0.0204. The van der Waals surface area contributed by atoms with E-state index in [1.807, 2.05) is 0 Å². The van der Waals surface area contributed by atoms with Gasteiger partial charge in [-0.25, -0.2) is 0 Å². The molecule has 248 valence electrons. The highest BCUT2D eigenvalue weighted by atomic mass is 16.5. The first kappa shape index (κ1) is 29.9. The van der Waals surface area contributed by atoms with Crippen molar-refractivity contribution in [2.24, 2.45) is 0 Å². The van der Waals surface area contributed by atoms with Gasteiger partial charge in [0, 0.05) is 17.1 Å². The zero-order chi connectivity index (χ0) is 34.9. The van der Waals surface area contributed by atoms with Gasteiger partial charge in [-0.05, 0) is 81.7 Å². The molecule has 0 fully saturated rings. The molecule has 0 saturated heterocycles. The van der Waals surface area contributed by atoms with Gasteiger partial charge in [0.25, 0.3) is 0 Å². The number of hydrogen-bond donors (Lipinski definition) is 0. The van der Waals surface area contributed by atoms with Crippen LogP contribution in [0.3, 0.4) is 0 Å². The molecule has 3 aliphatic heterocycles. The summed E-state index contributed by atoms with van der Waals surface area (Å²) in [5, 5.41) is 0. The van der Waals surface area contributed by atoms with Gasteiger partial charge in [-0.2, -0.15) is 0 Å².